The number of pyridine rings is 2. The summed E-state index contributed by atoms with van der Waals surface area (Å²) in [5.74, 6) is 0.156. The van der Waals surface area contributed by atoms with Crippen LogP contribution in [-0.2, 0) is 22.4 Å². The number of carboxylic acids is 1. The van der Waals surface area contributed by atoms with Crippen LogP contribution in [0, 0.1) is 5.92 Å². The maximum Gasteiger partial charge on any atom is 0.326 e. The molecule has 1 saturated carbocycles. The van der Waals surface area contributed by atoms with Crippen LogP contribution in [0.3, 0.4) is 0 Å². The molecule has 0 saturated heterocycles. The van der Waals surface area contributed by atoms with Gasteiger partial charge in [-0.25, -0.2) is 9.78 Å². The average Bonchev–Trinajstić information content (AvgIpc) is 2.79. The number of aromatic nitrogens is 2. The maximum atomic E-state index is 12.2. The Balaban J connectivity index is 1.14. The lowest BCUT2D eigenvalue weighted by molar-refractivity contribution is -0.140. The van der Waals surface area contributed by atoms with E-state index in [0.717, 1.165) is 50.2 Å². The van der Waals surface area contributed by atoms with Crippen molar-refractivity contribution in [2.24, 2.45) is 5.92 Å². The summed E-state index contributed by atoms with van der Waals surface area (Å²) >= 11 is 0. The van der Waals surface area contributed by atoms with Gasteiger partial charge < -0.3 is 20.5 Å². The van der Waals surface area contributed by atoms with Crippen molar-refractivity contribution in [3.8, 4) is 0 Å². The second-order valence-electron chi connectivity index (χ2n) is 8.60. The minimum atomic E-state index is -1.07. The Labute approximate surface area is 187 Å². The Bertz CT molecular complexity index is 931. The number of nitrogens with one attached hydrogen (secondary N) is 2. The maximum absolute atomic E-state index is 12.2. The second kappa shape index (κ2) is 10.5. The normalized spacial score (nSPS) is 20.4. The Morgan fingerprint density at radius 2 is 2.16 bits per heavy atom. The van der Waals surface area contributed by atoms with E-state index in [9.17, 15) is 14.7 Å². The minimum absolute atomic E-state index is 0.168. The van der Waals surface area contributed by atoms with Crippen molar-refractivity contribution in [1.82, 2.24) is 15.3 Å². The van der Waals surface area contributed by atoms with Crippen LogP contribution in [-0.4, -0.2) is 52.2 Å². The number of carbonyl (C=O) groups is 2. The van der Waals surface area contributed by atoms with Gasteiger partial charge in [-0.05, 0) is 68.2 Å². The largest absolute Gasteiger partial charge is 0.480 e. The number of carboxylic acid groups (broad SMARTS) is 1. The van der Waals surface area contributed by atoms with Gasteiger partial charge in [0.2, 0.25) is 0 Å². The molecule has 2 aromatic rings. The molecule has 1 fully saturated rings. The van der Waals surface area contributed by atoms with Gasteiger partial charge >= 0.3 is 5.97 Å². The first-order chi connectivity index (χ1) is 15.6. The molecule has 0 radical (unpaired) electrons. The van der Waals surface area contributed by atoms with Crippen molar-refractivity contribution in [1.29, 1.82) is 0 Å². The molecule has 4 rings (SSSR count). The molecule has 2 aliphatic rings. The molecule has 0 unspecified atom stereocenters. The summed E-state index contributed by atoms with van der Waals surface area (Å²) < 4.78 is 5.85. The summed E-state index contributed by atoms with van der Waals surface area (Å²) in [5.41, 5.74) is 2.79. The molecule has 3 heterocycles. The quantitative estimate of drug-likeness (QED) is 0.523. The molecular weight excluding hydrogens is 408 g/mol. The van der Waals surface area contributed by atoms with Gasteiger partial charge in [0, 0.05) is 37.7 Å². The SMILES string of the molecule is O=C(N[C@@H](CCOC1CC(CCc2ccc3c(n2)NCCC3)C1)C(=O)O)c1cccnc1. The lowest BCUT2D eigenvalue weighted by Gasteiger charge is -2.35. The van der Waals surface area contributed by atoms with Crippen molar-refractivity contribution < 1.29 is 19.4 Å². The molecule has 8 nitrogen and oxygen atoms in total. The molecule has 1 atom stereocenters. The first-order valence-electron chi connectivity index (χ1n) is 11.4. The van der Waals surface area contributed by atoms with Crippen LogP contribution >= 0.6 is 0 Å². The highest BCUT2D eigenvalue weighted by Gasteiger charge is 2.30. The molecule has 32 heavy (non-hydrogen) atoms. The lowest BCUT2D eigenvalue weighted by atomic mass is 9.79. The van der Waals surface area contributed by atoms with E-state index in [-0.39, 0.29) is 12.5 Å². The van der Waals surface area contributed by atoms with Crippen molar-refractivity contribution in [2.75, 3.05) is 18.5 Å². The van der Waals surface area contributed by atoms with Crippen LogP contribution < -0.4 is 10.6 Å². The lowest BCUT2D eigenvalue weighted by Crippen LogP contribution is -2.42. The fourth-order valence-corrected chi connectivity index (χ4v) is 4.25. The van der Waals surface area contributed by atoms with Gasteiger partial charge in [0.15, 0.2) is 0 Å². The molecule has 8 heteroatoms. The second-order valence-corrected chi connectivity index (χ2v) is 8.60. The van der Waals surface area contributed by atoms with Crippen LogP contribution in [0.4, 0.5) is 5.82 Å². The summed E-state index contributed by atoms with van der Waals surface area (Å²) in [5, 5.41) is 15.3. The zero-order chi connectivity index (χ0) is 22.3. The smallest absolute Gasteiger partial charge is 0.326 e. The van der Waals surface area contributed by atoms with Crippen molar-refractivity contribution in [2.45, 2.75) is 57.1 Å². The van der Waals surface area contributed by atoms with Gasteiger partial charge in [0.25, 0.3) is 5.91 Å². The third kappa shape index (κ3) is 5.82. The van der Waals surface area contributed by atoms with E-state index >= 15 is 0 Å². The number of carbonyl (C=O) groups excluding carboxylic acids is 1. The van der Waals surface area contributed by atoms with Crippen molar-refractivity contribution in [3.63, 3.8) is 0 Å². The van der Waals surface area contributed by atoms with E-state index in [1.54, 1.807) is 18.3 Å². The Kier molecular flexibility index (Phi) is 7.32. The molecule has 170 valence electrons. The molecular formula is C24H30N4O4. The van der Waals surface area contributed by atoms with E-state index in [1.807, 2.05) is 0 Å². The highest BCUT2D eigenvalue weighted by Crippen LogP contribution is 2.34. The summed E-state index contributed by atoms with van der Waals surface area (Å²) in [4.78, 5) is 32.3. The number of ether oxygens (including phenoxy) is 1. The van der Waals surface area contributed by atoms with E-state index < -0.39 is 17.9 Å². The summed E-state index contributed by atoms with van der Waals surface area (Å²) in [7, 11) is 0. The molecule has 0 aromatic carbocycles. The van der Waals surface area contributed by atoms with E-state index in [1.165, 1.54) is 18.2 Å². The number of fused-ring (bicyclic) bond motifs is 1. The standard InChI is InChI=1S/C24H30N4O4/c29-23(18-4-1-10-25-15-18)28-21(24(30)31)9-12-32-20-13-16(14-20)5-7-19-8-6-17-3-2-11-26-22(17)27-19/h1,4,6,8,10,15-16,20-21H,2-3,5,7,9,11-14H2,(H,26,27)(H,28,29)(H,30,31)/t16?,20?,21-/m0/s1. The first-order valence-corrected chi connectivity index (χ1v) is 11.4. The Morgan fingerprint density at radius 1 is 1.28 bits per heavy atom. The van der Waals surface area contributed by atoms with Gasteiger partial charge in [0.1, 0.15) is 11.9 Å². The van der Waals surface area contributed by atoms with Crippen LogP contribution in [0.1, 0.15) is 53.7 Å². The van der Waals surface area contributed by atoms with Gasteiger partial charge in [0.05, 0.1) is 11.7 Å². The third-order valence-corrected chi connectivity index (χ3v) is 6.24. The predicted octanol–water partition coefficient (Wildman–Crippen LogP) is 2.84. The Morgan fingerprint density at radius 3 is 2.94 bits per heavy atom. The molecule has 3 N–H and O–H groups in total. The fourth-order valence-electron chi connectivity index (χ4n) is 4.25. The summed E-state index contributed by atoms with van der Waals surface area (Å²) in [6, 6.07) is 6.59. The molecule has 0 bridgehead atoms. The highest BCUT2D eigenvalue weighted by atomic mass is 16.5. The fraction of sp³-hybridized carbons (Fsp3) is 0.500. The molecule has 1 aliphatic carbocycles. The third-order valence-electron chi connectivity index (χ3n) is 6.24. The number of amides is 1. The van der Waals surface area contributed by atoms with Crippen LogP contribution in [0.25, 0.3) is 0 Å². The predicted molar refractivity (Wildman–Crippen MR) is 120 cm³/mol. The number of rotatable bonds is 10. The molecule has 1 amide bonds. The number of hydrogen-bond donors (Lipinski definition) is 3. The summed E-state index contributed by atoms with van der Waals surface area (Å²) in [6.07, 6.45) is 9.68. The van der Waals surface area contributed by atoms with Gasteiger partial charge in [-0.3, -0.25) is 9.78 Å². The van der Waals surface area contributed by atoms with Crippen LogP contribution in [0.2, 0.25) is 0 Å². The average molecular weight is 439 g/mol. The zero-order valence-electron chi connectivity index (χ0n) is 18.1. The highest BCUT2D eigenvalue weighted by molar-refractivity contribution is 5.96. The number of nitrogens with zero attached hydrogens (tertiary/aromatic N) is 2. The van der Waals surface area contributed by atoms with E-state index in [2.05, 4.69) is 27.8 Å². The Hall–Kier alpha value is -3.00. The first kappa shape index (κ1) is 22.2. The van der Waals surface area contributed by atoms with Crippen molar-refractivity contribution in [3.05, 3.63) is 53.5 Å². The molecule has 2 aromatic heterocycles. The van der Waals surface area contributed by atoms with Crippen LogP contribution in [0.15, 0.2) is 36.7 Å². The van der Waals surface area contributed by atoms with Crippen molar-refractivity contribution >= 4 is 17.7 Å². The number of aryl methyl sites for hydroxylation is 2. The minimum Gasteiger partial charge on any atom is -0.480 e. The monoisotopic (exact) mass is 438 g/mol. The number of anilines is 1. The van der Waals surface area contributed by atoms with E-state index in [0.29, 0.717) is 18.1 Å². The molecule has 1 aliphatic heterocycles. The summed E-state index contributed by atoms with van der Waals surface area (Å²) in [6.45, 7) is 1.31. The van der Waals surface area contributed by atoms with Gasteiger partial charge in [-0.1, -0.05) is 6.07 Å². The zero-order valence-corrected chi connectivity index (χ0v) is 18.1. The van der Waals surface area contributed by atoms with E-state index in [4.69, 9.17) is 9.72 Å². The molecule has 0 spiro atoms. The van der Waals surface area contributed by atoms with Gasteiger partial charge in [-0.2, -0.15) is 0 Å². The van der Waals surface area contributed by atoms with Crippen LogP contribution in [0.5, 0.6) is 0 Å². The number of hydrogen-bond acceptors (Lipinski definition) is 6. The topological polar surface area (TPSA) is 113 Å². The number of aliphatic carboxylic acids is 1. The van der Waals surface area contributed by atoms with Gasteiger partial charge in [-0.15, -0.1) is 0 Å².